The maximum absolute atomic E-state index is 15.0. The Morgan fingerprint density at radius 1 is 1.12 bits per heavy atom. The number of hydrogen-bond donors (Lipinski definition) is 2. The molecule has 1 amide bonds. The van der Waals surface area contributed by atoms with Crippen LogP contribution in [0.4, 0.5) is 16.0 Å². The van der Waals surface area contributed by atoms with Crippen LogP contribution in [0, 0.1) is 12.7 Å². The lowest BCUT2D eigenvalue weighted by Gasteiger charge is -2.18. The fourth-order valence-corrected chi connectivity index (χ4v) is 3.27. The molecule has 3 aromatic heterocycles. The molecule has 34 heavy (non-hydrogen) atoms. The SMILES string of the molecule is Cc1cc(-c2ncnc(Nc3cnn(C)c3)n2)c(F)cc1CNC(=O)c1cnn(C(C)(C)C)c1. The van der Waals surface area contributed by atoms with E-state index in [1.54, 1.807) is 41.1 Å². The van der Waals surface area contributed by atoms with Crippen molar-refractivity contribution >= 4 is 17.5 Å². The minimum atomic E-state index is -0.492. The first-order chi connectivity index (χ1) is 16.1. The summed E-state index contributed by atoms with van der Waals surface area (Å²) in [6, 6.07) is 3.05. The van der Waals surface area contributed by atoms with E-state index in [1.165, 1.54) is 18.6 Å². The lowest BCUT2D eigenvalue weighted by molar-refractivity contribution is 0.0950. The molecule has 11 heteroatoms. The number of aryl methyl sites for hydroxylation is 2. The molecule has 0 aliphatic heterocycles. The lowest BCUT2D eigenvalue weighted by atomic mass is 10.0. The average Bonchev–Trinajstić information content (AvgIpc) is 3.43. The van der Waals surface area contributed by atoms with Crippen LogP contribution in [0.5, 0.6) is 0 Å². The zero-order valence-electron chi connectivity index (χ0n) is 19.7. The summed E-state index contributed by atoms with van der Waals surface area (Å²) in [5.41, 5.74) is 2.62. The molecule has 0 radical (unpaired) electrons. The van der Waals surface area contributed by atoms with Gasteiger partial charge in [-0.3, -0.25) is 14.2 Å². The van der Waals surface area contributed by atoms with E-state index in [9.17, 15) is 9.18 Å². The summed E-state index contributed by atoms with van der Waals surface area (Å²) in [5.74, 6) is -0.286. The van der Waals surface area contributed by atoms with Crippen molar-refractivity contribution in [3.8, 4) is 11.4 Å². The van der Waals surface area contributed by atoms with Gasteiger partial charge >= 0.3 is 0 Å². The van der Waals surface area contributed by atoms with Gasteiger partial charge < -0.3 is 10.6 Å². The molecule has 0 bridgehead atoms. The second-order valence-corrected chi connectivity index (χ2v) is 8.95. The van der Waals surface area contributed by atoms with E-state index in [-0.39, 0.29) is 35.3 Å². The Balaban J connectivity index is 1.48. The zero-order valence-corrected chi connectivity index (χ0v) is 19.7. The summed E-state index contributed by atoms with van der Waals surface area (Å²) in [7, 11) is 1.80. The topological polar surface area (TPSA) is 115 Å². The second-order valence-electron chi connectivity index (χ2n) is 8.95. The number of anilines is 2. The number of carbonyl (C=O) groups is 1. The molecule has 4 rings (SSSR count). The standard InChI is InChI=1S/C23H26FN9O/c1-14-6-18(20-26-13-27-22(31-20)30-17-10-28-32(5)12-17)19(24)7-15(14)8-25-21(34)16-9-29-33(11-16)23(2,3)4/h6-7,9-13H,8H2,1-5H3,(H,25,34)(H,26,27,30,31). The zero-order chi connectivity index (χ0) is 24.5. The van der Waals surface area contributed by atoms with Crippen molar-refractivity contribution in [2.75, 3.05) is 5.32 Å². The van der Waals surface area contributed by atoms with Crippen LogP contribution in [0.25, 0.3) is 11.4 Å². The highest BCUT2D eigenvalue weighted by molar-refractivity contribution is 5.93. The first-order valence-electron chi connectivity index (χ1n) is 10.7. The van der Waals surface area contributed by atoms with Crippen molar-refractivity contribution in [1.29, 1.82) is 0 Å². The van der Waals surface area contributed by atoms with Crippen molar-refractivity contribution in [3.05, 3.63) is 65.8 Å². The predicted octanol–water partition coefficient (Wildman–Crippen LogP) is 3.34. The molecule has 0 saturated carbocycles. The highest BCUT2D eigenvalue weighted by Gasteiger charge is 2.18. The van der Waals surface area contributed by atoms with Crippen LogP contribution in [0.3, 0.4) is 0 Å². The predicted molar refractivity (Wildman–Crippen MR) is 125 cm³/mol. The van der Waals surface area contributed by atoms with Gasteiger partial charge in [0.05, 0.1) is 34.7 Å². The monoisotopic (exact) mass is 463 g/mol. The van der Waals surface area contributed by atoms with Gasteiger partial charge in [-0.1, -0.05) is 0 Å². The van der Waals surface area contributed by atoms with Crippen LogP contribution in [-0.4, -0.2) is 40.4 Å². The molecular formula is C23H26FN9O. The van der Waals surface area contributed by atoms with Gasteiger partial charge in [0.2, 0.25) is 5.95 Å². The molecule has 10 nitrogen and oxygen atoms in total. The number of nitrogens with one attached hydrogen (secondary N) is 2. The van der Waals surface area contributed by atoms with Gasteiger partial charge in [-0.25, -0.2) is 14.4 Å². The highest BCUT2D eigenvalue weighted by atomic mass is 19.1. The van der Waals surface area contributed by atoms with Gasteiger partial charge in [0.25, 0.3) is 5.91 Å². The number of halogens is 1. The van der Waals surface area contributed by atoms with Crippen molar-refractivity contribution < 1.29 is 9.18 Å². The molecule has 176 valence electrons. The maximum Gasteiger partial charge on any atom is 0.254 e. The summed E-state index contributed by atoms with van der Waals surface area (Å²) in [6.45, 7) is 8.02. The van der Waals surface area contributed by atoms with E-state index < -0.39 is 5.82 Å². The third kappa shape index (κ3) is 5.08. The van der Waals surface area contributed by atoms with Crippen LogP contribution in [0.1, 0.15) is 42.3 Å². The molecule has 3 heterocycles. The van der Waals surface area contributed by atoms with Crippen LogP contribution < -0.4 is 10.6 Å². The number of nitrogens with zero attached hydrogens (tertiary/aromatic N) is 7. The molecule has 0 spiro atoms. The Kier molecular flexibility index (Phi) is 6.10. The van der Waals surface area contributed by atoms with Crippen LogP contribution in [0.2, 0.25) is 0 Å². The van der Waals surface area contributed by atoms with Gasteiger partial charge in [-0.15, -0.1) is 0 Å². The number of rotatable bonds is 6. The number of benzene rings is 1. The number of amides is 1. The van der Waals surface area contributed by atoms with Crippen molar-refractivity contribution in [2.24, 2.45) is 7.05 Å². The number of aromatic nitrogens is 7. The number of hydrogen-bond acceptors (Lipinski definition) is 7. The van der Waals surface area contributed by atoms with Crippen LogP contribution in [-0.2, 0) is 19.1 Å². The van der Waals surface area contributed by atoms with Crippen molar-refractivity contribution in [2.45, 2.75) is 39.8 Å². The fraction of sp³-hybridized carbons (Fsp3) is 0.304. The number of carbonyl (C=O) groups excluding carboxylic acids is 1. The Bertz CT molecular complexity index is 1340. The minimum absolute atomic E-state index is 0.174. The smallest absolute Gasteiger partial charge is 0.254 e. The van der Waals surface area contributed by atoms with E-state index in [4.69, 9.17) is 0 Å². The Hall–Kier alpha value is -4.15. The first kappa shape index (κ1) is 23.0. The van der Waals surface area contributed by atoms with E-state index in [1.807, 2.05) is 27.7 Å². The second kappa shape index (κ2) is 9.00. The Labute approximate surface area is 196 Å². The molecule has 0 fully saturated rings. The summed E-state index contributed by atoms with van der Waals surface area (Å²) in [5, 5.41) is 14.2. The van der Waals surface area contributed by atoms with Crippen molar-refractivity contribution in [3.63, 3.8) is 0 Å². The van der Waals surface area contributed by atoms with E-state index in [0.717, 1.165) is 5.56 Å². The van der Waals surface area contributed by atoms with Gasteiger partial charge in [0, 0.05) is 26.0 Å². The van der Waals surface area contributed by atoms with Crippen molar-refractivity contribution in [1.82, 2.24) is 39.8 Å². The molecule has 2 N–H and O–H groups in total. The summed E-state index contributed by atoms with van der Waals surface area (Å²) >= 11 is 0. The largest absolute Gasteiger partial charge is 0.348 e. The Morgan fingerprint density at radius 3 is 2.59 bits per heavy atom. The molecule has 0 atom stereocenters. The fourth-order valence-electron chi connectivity index (χ4n) is 3.27. The lowest BCUT2D eigenvalue weighted by Crippen LogP contribution is -2.24. The van der Waals surface area contributed by atoms with Crippen LogP contribution in [0.15, 0.2) is 43.2 Å². The average molecular weight is 464 g/mol. The maximum atomic E-state index is 15.0. The minimum Gasteiger partial charge on any atom is -0.348 e. The van der Waals surface area contributed by atoms with E-state index in [2.05, 4.69) is 35.8 Å². The molecule has 1 aromatic carbocycles. The molecule has 0 aliphatic carbocycles. The van der Waals surface area contributed by atoms with Gasteiger partial charge in [-0.05, 0) is 51.0 Å². The quantitative estimate of drug-likeness (QED) is 0.451. The van der Waals surface area contributed by atoms with E-state index >= 15 is 0 Å². The molecular weight excluding hydrogens is 437 g/mol. The van der Waals surface area contributed by atoms with Gasteiger partial charge in [-0.2, -0.15) is 15.2 Å². The van der Waals surface area contributed by atoms with Gasteiger partial charge in [0.15, 0.2) is 5.82 Å². The third-order valence-electron chi connectivity index (χ3n) is 5.17. The highest BCUT2D eigenvalue weighted by Crippen LogP contribution is 2.24. The van der Waals surface area contributed by atoms with Gasteiger partial charge in [0.1, 0.15) is 12.1 Å². The first-order valence-corrected chi connectivity index (χ1v) is 10.7. The summed E-state index contributed by atoms with van der Waals surface area (Å²) in [4.78, 5) is 25.1. The molecule has 0 aliphatic rings. The summed E-state index contributed by atoms with van der Waals surface area (Å²) < 4.78 is 18.4. The summed E-state index contributed by atoms with van der Waals surface area (Å²) in [6.07, 6.45) is 7.94. The normalized spacial score (nSPS) is 11.5. The van der Waals surface area contributed by atoms with E-state index in [0.29, 0.717) is 16.8 Å². The Morgan fingerprint density at radius 2 is 1.91 bits per heavy atom. The van der Waals surface area contributed by atoms with Crippen LogP contribution >= 0.6 is 0 Å². The molecule has 0 unspecified atom stereocenters. The molecule has 4 aromatic rings. The molecule has 0 saturated heterocycles. The third-order valence-corrected chi connectivity index (χ3v) is 5.17.